The third kappa shape index (κ3) is 4.60. The molecule has 0 bridgehead atoms. The standard InChI is InChI=1S/C8H10ClN3.ClH/c9-7-3-1-2-6(4-7)5-12-8(10)11;/h1-4H,5H2,(H4,10,11,12);1H. The van der Waals surface area contributed by atoms with Gasteiger partial charge in [-0.15, -0.1) is 0 Å². The van der Waals surface area contributed by atoms with Crippen molar-refractivity contribution < 1.29 is 17.4 Å². The monoisotopic (exact) mass is 219 g/mol. The van der Waals surface area contributed by atoms with E-state index < -0.39 is 0 Å². The van der Waals surface area contributed by atoms with Crippen LogP contribution < -0.4 is 28.9 Å². The summed E-state index contributed by atoms with van der Waals surface area (Å²) in [6.45, 7) is 0.600. The number of halogens is 2. The van der Waals surface area contributed by atoms with Crippen LogP contribution in [0.25, 0.3) is 0 Å². The molecule has 0 atom stereocenters. The van der Waals surface area contributed by atoms with Gasteiger partial charge < -0.3 is 12.4 Å². The fourth-order valence-corrected chi connectivity index (χ4v) is 1.06. The SMILES string of the molecule is NC(N)=[NH+]Cc1cccc(Cl)c1.[Cl-]. The molecule has 1 aromatic carbocycles. The van der Waals surface area contributed by atoms with Crippen molar-refractivity contribution in [1.29, 1.82) is 0 Å². The Morgan fingerprint density at radius 3 is 2.62 bits per heavy atom. The van der Waals surface area contributed by atoms with Gasteiger partial charge in [-0.3, -0.25) is 16.5 Å². The summed E-state index contributed by atoms with van der Waals surface area (Å²) in [6.07, 6.45) is 0. The zero-order valence-corrected chi connectivity index (χ0v) is 8.44. The van der Waals surface area contributed by atoms with Crippen LogP contribution in [0.4, 0.5) is 0 Å². The molecular weight excluding hydrogens is 209 g/mol. The first kappa shape index (κ1) is 12.1. The highest BCUT2D eigenvalue weighted by Crippen LogP contribution is 2.08. The van der Waals surface area contributed by atoms with E-state index in [-0.39, 0.29) is 18.4 Å². The van der Waals surface area contributed by atoms with Crippen molar-refractivity contribution in [1.82, 2.24) is 0 Å². The Bertz CT molecular complexity index is 295. The highest BCUT2D eigenvalue weighted by molar-refractivity contribution is 6.30. The molecule has 0 unspecified atom stereocenters. The lowest BCUT2D eigenvalue weighted by atomic mass is 10.2. The molecule has 0 saturated carbocycles. The maximum Gasteiger partial charge on any atom is 0.339 e. The predicted octanol–water partition coefficient (Wildman–Crippen LogP) is -3.80. The molecule has 0 radical (unpaired) electrons. The van der Waals surface area contributed by atoms with Gasteiger partial charge in [-0.2, -0.15) is 0 Å². The van der Waals surface area contributed by atoms with Gasteiger partial charge in [0, 0.05) is 5.02 Å². The lowest BCUT2D eigenvalue weighted by Crippen LogP contribution is -3.00. The quantitative estimate of drug-likeness (QED) is 0.353. The third-order valence-electron chi connectivity index (χ3n) is 1.39. The molecule has 0 aliphatic carbocycles. The summed E-state index contributed by atoms with van der Waals surface area (Å²) in [4.78, 5) is 2.80. The van der Waals surface area contributed by atoms with Crippen LogP contribution in [0.1, 0.15) is 5.56 Å². The summed E-state index contributed by atoms with van der Waals surface area (Å²) < 4.78 is 0. The van der Waals surface area contributed by atoms with Crippen molar-refractivity contribution in [2.75, 3.05) is 0 Å². The van der Waals surface area contributed by atoms with Crippen LogP contribution in [0.5, 0.6) is 0 Å². The summed E-state index contributed by atoms with van der Waals surface area (Å²) >= 11 is 5.76. The Morgan fingerprint density at radius 2 is 2.08 bits per heavy atom. The molecule has 0 saturated heterocycles. The van der Waals surface area contributed by atoms with Crippen LogP contribution >= 0.6 is 11.6 Å². The molecule has 0 heterocycles. The topological polar surface area (TPSA) is 66.0 Å². The highest BCUT2D eigenvalue weighted by atomic mass is 35.5. The average Bonchev–Trinajstić information content (AvgIpc) is 2.01. The van der Waals surface area contributed by atoms with Crippen molar-refractivity contribution in [3.63, 3.8) is 0 Å². The van der Waals surface area contributed by atoms with Crippen LogP contribution in [0.3, 0.4) is 0 Å². The fourth-order valence-electron chi connectivity index (χ4n) is 0.851. The summed E-state index contributed by atoms with van der Waals surface area (Å²) in [5.41, 5.74) is 11.5. The van der Waals surface area contributed by atoms with Crippen LogP contribution in [0.15, 0.2) is 24.3 Å². The molecule has 0 fully saturated rings. The zero-order chi connectivity index (χ0) is 8.97. The Morgan fingerprint density at radius 1 is 1.38 bits per heavy atom. The first-order chi connectivity index (χ1) is 5.68. The average molecular weight is 220 g/mol. The van der Waals surface area contributed by atoms with E-state index in [4.69, 9.17) is 23.1 Å². The van der Waals surface area contributed by atoms with Crippen LogP contribution in [0.2, 0.25) is 5.02 Å². The van der Waals surface area contributed by atoms with Gasteiger partial charge in [-0.25, -0.2) is 0 Å². The molecule has 72 valence electrons. The van der Waals surface area contributed by atoms with E-state index in [1.165, 1.54) is 0 Å². The lowest BCUT2D eigenvalue weighted by Gasteiger charge is -1.95. The van der Waals surface area contributed by atoms with Crippen molar-refractivity contribution in [3.8, 4) is 0 Å². The Hall–Kier alpha value is -0.930. The van der Waals surface area contributed by atoms with Crippen molar-refractivity contribution in [2.45, 2.75) is 6.54 Å². The summed E-state index contributed by atoms with van der Waals surface area (Å²) in [5, 5.41) is 0.713. The van der Waals surface area contributed by atoms with Gasteiger partial charge in [0.1, 0.15) is 0 Å². The van der Waals surface area contributed by atoms with Gasteiger partial charge in [0.05, 0.1) is 6.54 Å². The Labute approximate surface area is 88.2 Å². The van der Waals surface area contributed by atoms with Gasteiger partial charge >= 0.3 is 5.96 Å². The minimum absolute atomic E-state index is 0. The number of benzene rings is 1. The number of hydrogen-bond acceptors (Lipinski definition) is 0. The minimum atomic E-state index is 0. The third-order valence-corrected chi connectivity index (χ3v) is 1.62. The zero-order valence-electron chi connectivity index (χ0n) is 6.93. The van der Waals surface area contributed by atoms with E-state index in [0.29, 0.717) is 11.6 Å². The van der Waals surface area contributed by atoms with Crippen molar-refractivity contribution in [2.24, 2.45) is 11.5 Å². The van der Waals surface area contributed by atoms with Gasteiger partial charge in [-0.05, 0) is 17.7 Å². The lowest BCUT2D eigenvalue weighted by molar-refractivity contribution is -0.477. The van der Waals surface area contributed by atoms with E-state index in [9.17, 15) is 0 Å². The summed E-state index contributed by atoms with van der Waals surface area (Å²) in [7, 11) is 0. The molecule has 13 heavy (non-hydrogen) atoms. The maximum atomic E-state index is 5.76. The van der Waals surface area contributed by atoms with Crippen LogP contribution in [-0.2, 0) is 6.54 Å². The predicted molar refractivity (Wildman–Crippen MR) is 49.5 cm³/mol. The second kappa shape index (κ2) is 5.67. The molecule has 0 aromatic heterocycles. The summed E-state index contributed by atoms with van der Waals surface area (Å²) in [6, 6.07) is 7.51. The molecule has 5 N–H and O–H groups in total. The van der Waals surface area contributed by atoms with Gasteiger partial charge in [0.2, 0.25) is 0 Å². The van der Waals surface area contributed by atoms with E-state index in [2.05, 4.69) is 4.99 Å². The Balaban J connectivity index is 0.00000144. The molecule has 0 aliphatic heterocycles. The molecule has 5 heteroatoms. The molecule has 1 rings (SSSR count). The largest absolute Gasteiger partial charge is 1.00 e. The van der Waals surface area contributed by atoms with E-state index in [1.807, 2.05) is 24.3 Å². The van der Waals surface area contributed by atoms with Crippen molar-refractivity contribution in [3.05, 3.63) is 34.9 Å². The minimum Gasteiger partial charge on any atom is -1.00 e. The van der Waals surface area contributed by atoms with E-state index >= 15 is 0 Å². The summed E-state index contributed by atoms with van der Waals surface area (Å²) in [5.74, 6) is 0.218. The molecule has 0 amide bonds. The number of guanidine groups is 1. The highest BCUT2D eigenvalue weighted by Gasteiger charge is 1.93. The molecular formula is C8H11Cl2N3. The fraction of sp³-hybridized carbons (Fsp3) is 0.125. The number of nitrogens with one attached hydrogen (secondary N) is 1. The van der Waals surface area contributed by atoms with Crippen LogP contribution in [-0.4, -0.2) is 5.96 Å². The maximum absolute atomic E-state index is 5.76. The van der Waals surface area contributed by atoms with E-state index in [0.717, 1.165) is 5.56 Å². The number of hydrogen-bond donors (Lipinski definition) is 3. The Kier molecular flexibility index (Phi) is 5.26. The van der Waals surface area contributed by atoms with E-state index in [1.54, 1.807) is 0 Å². The van der Waals surface area contributed by atoms with Gasteiger partial charge in [0.15, 0.2) is 0 Å². The van der Waals surface area contributed by atoms with Gasteiger partial charge in [0.25, 0.3) is 0 Å². The normalized spacial score (nSPS) is 8.69. The smallest absolute Gasteiger partial charge is 0.339 e. The molecule has 3 nitrogen and oxygen atoms in total. The van der Waals surface area contributed by atoms with Gasteiger partial charge in [-0.1, -0.05) is 23.7 Å². The molecule has 0 spiro atoms. The second-order valence-electron chi connectivity index (χ2n) is 2.44. The molecule has 0 aliphatic rings. The molecule has 1 aromatic rings. The van der Waals surface area contributed by atoms with Crippen LogP contribution in [0, 0.1) is 0 Å². The number of rotatable bonds is 2. The first-order valence-corrected chi connectivity index (χ1v) is 3.92. The second-order valence-corrected chi connectivity index (χ2v) is 2.88. The first-order valence-electron chi connectivity index (χ1n) is 3.54. The number of nitrogens with two attached hydrogens (primary N) is 2. The van der Waals surface area contributed by atoms with Crippen molar-refractivity contribution >= 4 is 17.6 Å².